The average molecular weight is 267 g/mol. The van der Waals surface area contributed by atoms with Gasteiger partial charge < -0.3 is 10.8 Å². The largest absolute Gasteiger partial charge is 0.390 e. The van der Waals surface area contributed by atoms with Gasteiger partial charge in [-0.05, 0) is 22.0 Å². The van der Waals surface area contributed by atoms with Gasteiger partial charge in [0.15, 0.2) is 0 Å². The van der Waals surface area contributed by atoms with E-state index in [-0.39, 0.29) is 24.4 Å². The SMILES string of the molecule is NCc1nc(CO)c(Br)cc1C(F)F. The van der Waals surface area contributed by atoms with E-state index in [0.29, 0.717) is 10.2 Å². The molecule has 0 amide bonds. The van der Waals surface area contributed by atoms with E-state index in [1.54, 1.807) is 0 Å². The second-order valence-corrected chi connectivity index (χ2v) is 3.47. The van der Waals surface area contributed by atoms with Crippen molar-refractivity contribution in [1.82, 2.24) is 4.98 Å². The Balaban J connectivity index is 3.24. The maximum atomic E-state index is 12.5. The van der Waals surface area contributed by atoms with Crippen molar-refractivity contribution in [3.05, 3.63) is 27.5 Å². The standard InChI is InChI=1S/C8H9BrF2N2O/c9-5-1-4(8(10)11)6(2-12)13-7(5)3-14/h1,8,14H,2-3,12H2. The Hall–Kier alpha value is -0.590. The van der Waals surface area contributed by atoms with Crippen molar-refractivity contribution >= 4 is 15.9 Å². The van der Waals surface area contributed by atoms with Gasteiger partial charge in [0.05, 0.1) is 18.0 Å². The van der Waals surface area contributed by atoms with Gasteiger partial charge in [-0.25, -0.2) is 8.78 Å². The summed E-state index contributed by atoms with van der Waals surface area (Å²) in [6.45, 7) is -0.378. The van der Waals surface area contributed by atoms with Crippen LogP contribution in [-0.2, 0) is 13.2 Å². The number of nitrogens with two attached hydrogens (primary N) is 1. The predicted molar refractivity (Wildman–Crippen MR) is 50.7 cm³/mol. The van der Waals surface area contributed by atoms with Gasteiger partial charge in [0.1, 0.15) is 0 Å². The van der Waals surface area contributed by atoms with Crippen molar-refractivity contribution in [2.75, 3.05) is 0 Å². The number of hydrogen-bond donors (Lipinski definition) is 2. The van der Waals surface area contributed by atoms with Crippen molar-refractivity contribution in [2.24, 2.45) is 5.73 Å². The zero-order valence-electron chi connectivity index (χ0n) is 7.17. The first-order chi connectivity index (χ1) is 6.60. The Kier molecular flexibility index (Phi) is 3.91. The highest BCUT2D eigenvalue weighted by Gasteiger charge is 2.16. The van der Waals surface area contributed by atoms with Crippen LogP contribution in [0.1, 0.15) is 23.4 Å². The second-order valence-electron chi connectivity index (χ2n) is 2.62. The van der Waals surface area contributed by atoms with E-state index in [1.165, 1.54) is 6.07 Å². The van der Waals surface area contributed by atoms with Gasteiger partial charge >= 0.3 is 0 Å². The summed E-state index contributed by atoms with van der Waals surface area (Å²) in [6.07, 6.45) is -2.61. The van der Waals surface area contributed by atoms with Crippen LogP contribution in [0.2, 0.25) is 0 Å². The molecule has 0 aliphatic carbocycles. The number of aliphatic hydroxyl groups is 1. The summed E-state index contributed by atoms with van der Waals surface area (Å²) in [6, 6.07) is 1.24. The normalized spacial score (nSPS) is 11.0. The molecule has 14 heavy (non-hydrogen) atoms. The monoisotopic (exact) mass is 266 g/mol. The molecule has 0 fully saturated rings. The molecule has 0 saturated carbocycles. The summed E-state index contributed by atoms with van der Waals surface area (Å²) < 4.78 is 25.3. The van der Waals surface area contributed by atoms with Crippen molar-refractivity contribution < 1.29 is 13.9 Å². The minimum absolute atomic E-state index is 0.0695. The molecule has 0 spiro atoms. The fourth-order valence-electron chi connectivity index (χ4n) is 1.05. The lowest BCUT2D eigenvalue weighted by atomic mass is 10.2. The van der Waals surface area contributed by atoms with Crippen LogP contribution in [-0.4, -0.2) is 10.1 Å². The highest BCUT2D eigenvalue weighted by molar-refractivity contribution is 9.10. The van der Waals surface area contributed by atoms with Crippen molar-refractivity contribution in [3.8, 4) is 0 Å². The average Bonchev–Trinajstić information content (AvgIpc) is 2.17. The van der Waals surface area contributed by atoms with Gasteiger partial charge in [-0.15, -0.1) is 0 Å². The van der Waals surface area contributed by atoms with E-state index in [4.69, 9.17) is 10.8 Å². The summed E-state index contributed by atoms with van der Waals surface area (Å²) in [5.74, 6) is 0. The molecule has 0 unspecified atom stereocenters. The predicted octanol–water partition coefficient (Wildman–Crippen LogP) is 1.73. The number of pyridine rings is 1. The first-order valence-electron chi connectivity index (χ1n) is 3.87. The summed E-state index contributed by atoms with van der Waals surface area (Å²) in [5.41, 5.74) is 5.50. The number of halogens is 3. The van der Waals surface area contributed by atoms with Crippen LogP contribution >= 0.6 is 15.9 Å². The zero-order valence-corrected chi connectivity index (χ0v) is 8.76. The molecule has 0 bridgehead atoms. The maximum absolute atomic E-state index is 12.5. The Bertz CT molecular complexity index is 333. The minimum atomic E-state index is -2.61. The van der Waals surface area contributed by atoms with Gasteiger partial charge in [0, 0.05) is 16.6 Å². The molecule has 0 aliphatic rings. The minimum Gasteiger partial charge on any atom is -0.390 e. The molecule has 0 saturated heterocycles. The van der Waals surface area contributed by atoms with Crippen LogP contribution in [0, 0.1) is 0 Å². The molecule has 0 radical (unpaired) electrons. The topological polar surface area (TPSA) is 59.1 Å². The number of hydrogen-bond acceptors (Lipinski definition) is 3. The fraction of sp³-hybridized carbons (Fsp3) is 0.375. The van der Waals surface area contributed by atoms with E-state index in [0.717, 1.165) is 0 Å². The Morgan fingerprint density at radius 3 is 2.57 bits per heavy atom. The van der Waals surface area contributed by atoms with E-state index in [2.05, 4.69) is 20.9 Å². The molecule has 6 heteroatoms. The van der Waals surface area contributed by atoms with Gasteiger partial charge in [-0.1, -0.05) is 0 Å². The van der Waals surface area contributed by atoms with Crippen molar-refractivity contribution in [1.29, 1.82) is 0 Å². The van der Waals surface area contributed by atoms with Crippen LogP contribution in [0.5, 0.6) is 0 Å². The summed E-state index contributed by atoms with van der Waals surface area (Å²) >= 11 is 3.04. The van der Waals surface area contributed by atoms with E-state index in [1.807, 2.05) is 0 Å². The van der Waals surface area contributed by atoms with Crippen LogP contribution < -0.4 is 5.73 Å². The highest BCUT2D eigenvalue weighted by Crippen LogP contribution is 2.26. The van der Waals surface area contributed by atoms with Crippen molar-refractivity contribution in [3.63, 3.8) is 0 Å². The van der Waals surface area contributed by atoms with Crippen LogP contribution in [0.15, 0.2) is 10.5 Å². The summed E-state index contributed by atoms with van der Waals surface area (Å²) in [5, 5.41) is 8.85. The maximum Gasteiger partial charge on any atom is 0.265 e. The van der Waals surface area contributed by atoms with E-state index >= 15 is 0 Å². The third-order valence-electron chi connectivity index (χ3n) is 1.74. The lowest BCUT2D eigenvalue weighted by molar-refractivity contribution is 0.149. The fourth-order valence-corrected chi connectivity index (χ4v) is 1.51. The van der Waals surface area contributed by atoms with E-state index < -0.39 is 6.43 Å². The molecule has 0 aliphatic heterocycles. The molecule has 0 atom stereocenters. The molecule has 1 rings (SSSR count). The Morgan fingerprint density at radius 1 is 1.50 bits per heavy atom. The second kappa shape index (κ2) is 4.77. The van der Waals surface area contributed by atoms with Crippen molar-refractivity contribution in [2.45, 2.75) is 19.6 Å². The third kappa shape index (κ3) is 2.26. The molecule has 78 valence electrons. The molecular formula is C8H9BrF2N2O. The van der Waals surface area contributed by atoms with Crippen LogP contribution in [0.4, 0.5) is 8.78 Å². The molecule has 3 N–H and O–H groups in total. The number of alkyl halides is 2. The zero-order chi connectivity index (χ0) is 10.7. The highest BCUT2D eigenvalue weighted by atomic mass is 79.9. The Labute approximate surface area is 88.1 Å². The molecule has 3 nitrogen and oxygen atoms in total. The summed E-state index contributed by atoms with van der Waals surface area (Å²) in [4.78, 5) is 3.83. The molecular weight excluding hydrogens is 258 g/mol. The third-order valence-corrected chi connectivity index (χ3v) is 2.43. The number of aliphatic hydroxyl groups excluding tert-OH is 1. The molecule has 1 aromatic heterocycles. The first kappa shape index (κ1) is 11.5. The summed E-state index contributed by atoms with van der Waals surface area (Å²) in [7, 11) is 0. The number of aromatic nitrogens is 1. The lowest BCUT2D eigenvalue weighted by Gasteiger charge is -2.09. The van der Waals surface area contributed by atoms with Gasteiger partial charge in [-0.2, -0.15) is 0 Å². The van der Waals surface area contributed by atoms with Crippen LogP contribution in [0.25, 0.3) is 0 Å². The smallest absolute Gasteiger partial charge is 0.265 e. The van der Waals surface area contributed by atoms with E-state index in [9.17, 15) is 8.78 Å². The quantitative estimate of drug-likeness (QED) is 0.876. The molecule has 1 aromatic rings. The van der Waals surface area contributed by atoms with Gasteiger partial charge in [0.2, 0.25) is 0 Å². The molecule has 1 heterocycles. The van der Waals surface area contributed by atoms with Gasteiger partial charge in [0.25, 0.3) is 6.43 Å². The van der Waals surface area contributed by atoms with Gasteiger partial charge in [-0.3, -0.25) is 4.98 Å². The van der Waals surface area contributed by atoms with Crippen LogP contribution in [0.3, 0.4) is 0 Å². The number of rotatable bonds is 3. The first-order valence-corrected chi connectivity index (χ1v) is 4.66. The molecule has 0 aromatic carbocycles. The number of nitrogens with zero attached hydrogens (tertiary/aromatic N) is 1. The lowest BCUT2D eigenvalue weighted by Crippen LogP contribution is -2.08. The Morgan fingerprint density at radius 2 is 2.14 bits per heavy atom.